The van der Waals surface area contributed by atoms with Crippen molar-refractivity contribution in [1.29, 1.82) is 0 Å². The third kappa shape index (κ3) is 6.75. The number of benzene rings is 3. The molecular formula is C34H39FN4O8S. The lowest BCUT2D eigenvalue weighted by atomic mass is 9.98. The summed E-state index contributed by atoms with van der Waals surface area (Å²) in [5.41, 5.74) is 2.27. The minimum absolute atomic E-state index is 0.0279. The number of sulfone groups is 1. The lowest BCUT2D eigenvalue weighted by Crippen LogP contribution is -2.38. The molecule has 256 valence electrons. The summed E-state index contributed by atoms with van der Waals surface area (Å²) < 4.78 is 58.4. The van der Waals surface area contributed by atoms with E-state index in [1.54, 1.807) is 32.0 Å². The Hall–Kier alpha value is -4.85. The van der Waals surface area contributed by atoms with Crippen LogP contribution in [0.15, 0.2) is 53.4 Å². The minimum Gasteiger partial charge on any atom is -0.493 e. The maximum atomic E-state index is 15.9. The zero-order valence-corrected chi connectivity index (χ0v) is 28.2. The van der Waals surface area contributed by atoms with Gasteiger partial charge < -0.3 is 29.7 Å². The summed E-state index contributed by atoms with van der Waals surface area (Å²) >= 11 is 0. The van der Waals surface area contributed by atoms with E-state index >= 15 is 4.39 Å². The SMILES string of the molecule is COC(=O)Nc1ccc(S(=O)(=O)C(C)C)c([C@H]2CCCN2C(=O)[C@H](Nc2ccc3c(c2)C(=O)NCC3)c2cc(OC)c(OC)cc2F)c1. The molecule has 2 heterocycles. The molecule has 5 rings (SSSR count). The molecule has 0 aromatic heterocycles. The number of methoxy groups -OCH3 is 3. The molecule has 48 heavy (non-hydrogen) atoms. The number of nitrogens with zero attached hydrogens (tertiary/aromatic N) is 1. The number of nitrogens with one attached hydrogen (secondary N) is 3. The maximum Gasteiger partial charge on any atom is 0.411 e. The van der Waals surface area contributed by atoms with Crippen LogP contribution in [0.4, 0.5) is 20.6 Å². The van der Waals surface area contributed by atoms with Crippen LogP contribution in [-0.2, 0) is 25.8 Å². The summed E-state index contributed by atoms with van der Waals surface area (Å²) in [5.74, 6) is -1.20. The normalized spacial score (nSPS) is 16.5. The standard InChI is InChI=1S/C34H39FN4O8S/c1-19(2)48(43,44)30-11-10-22(38-34(42)47-5)16-25(30)27-7-6-14-39(27)33(41)31(24-17-28(45-3)29(46-4)18-26(24)35)37-21-9-8-20-12-13-36-32(40)23(20)15-21/h8-11,15-19,27,31,37H,6-7,12-14H2,1-5H3,(H,36,40)(H,38,42)/t27-,31-/m1/s1. The lowest BCUT2D eigenvalue weighted by molar-refractivity contribution is -0.133. The Labute approximate surface area is 278 Å². The number of hydrogen-bond donors (Lipinski definition) is 3. The first kappa shape index (κ1) is 34.5. The molecule has 0 spiro atoms. The second kappa shape index (κ2) is 14.1. The van der Waals surface area contributed by atoms with Crippen LogP contribution < -0.4 is 25.4 Å². The van der Waals surface area contributed by atoms with Crippen molar-refractivity contribution in [1.82, 2.24) is 10.2 Å². The first-order valence-electron chi connectivity index (χ1n) is 15.5. The predicted octanol–water partition coefficient (Wildman–Crippen LogP) is 5.01. The van der Waals surface area contributed by atoms with Crippen LogP contribution >= 0.6 is 0 Å². The lowest BCUT2D eigenvalue weighted by Gasteiger charge is -2.32. The third-order valence-electron chi connectivity index (χ3n) is 8.67. The van der Waals surface area contributed by atoms with Gasteiger partial charge in [0.1, 0.15) is 11.9 Å². The summed E-state index contributed by atoms with van der Waals surface area (Å²) in [5, 5.41) is 7.76. The molecule has 0 bridgehead atoms. The zero-order valence-electron chi connectivity index (χ0n) is 27.4. The molecule has 12 nitrogen and oxygen atoms in total. The molecular weight excluding hydrogens is 643 g/mol. The van der Waals surface area contributed by atoms with E-state index in [-0.39, 0.29) is 40.1 Å². The van der Waals surface area contributed by atoms with Crippen LogP contribution in [0.2, 0.25) is 0 Å². The highest BCUT2D eigenvalue weighted by atomic mass is 32.2. The molecule has 1 saturated heterocycles. The highest BCUT2D eigenvalue weighted by Crippen LogP contribution is 2.41. The van der Waals surface area contributed by atoms with E-state index in [1.807, 2.05) is 0 Å². The molecule has 0 radical (unpaired) electrons. The van der Waals surface area contributed by atoms with Gasteiger partial charge in [0.2, 0.25) is 5.91 Å². The van der Waals surface area contributed by atoms with Crippen molar-refractivity contribution in [3.05, 3.63) is 76.6 Å². The van der Waals surface area contributed by atoms with E-state index < -0.39 is 45.0 Å². The number of amides is 3. The van der Waals surface area contributed by atoms with E-state index in [9.17, 15) is 22.8 Å². The first-order chi connectivity index (χ1) is 22.9. The van der Waals surface area contributed by atoms with E-state index in [0.717, 1.165) is 11.6 Å². The van der Waals surface area contributed by atoms with E-state index in [1.165, 1.54) is 50.5 Å². The third-order valence-corrected chi connectivity index (χ3v) is 10.9. The summed E-state index contributed by atoms with van der Waals surface area (Å²) in [7, 11) is 0.149. The average molecular weight is 683 g/mol. The molecule has 3 amide bonds. The van der Waals surface area contributed by atoms with E-state index in [2.05, 4.69) is 16.0 Å². The van der Waals surface area contributed by atoms with Crippen molar-refractivity contribution < 1.29 is 41.4 Å². The van der Waals surface area contributed by atoms with E-state index in [0.29, 0.717) is 42.6 Å². The quantitative estimate of drug-likeness (QED) is 0.268. The van der Waals surface area contributed by atoms with Crippen LogP contribution in [0.1, 0.15) is 65.8 Å². The topological polar surface area (TPSA) is 152 Å². The smallest absolute Gasteiger partial charge is 0.411 e. The molecule has 14 heteroatoms. The number of carbonyl (C=O) groups excluding carboxylic acids is 3. The van der Waals surface area contributed by atoms with E-state index in [4.69, 9.17) is 14.2 Å². The Morgan fingerprint density at radius 3 is 2.40 bits per heavy atom. The molecule has 3 aromatic rings. The van der Waals surface area contributed by atoms with Crippen molar-refractivity contribution in [2.45, 2.75) is 55.3 Å². The highest BCUT2D eigenvalue weighted by Gasteiger charge is 2.39. The molecule has 0 aliphatic carbocycles. The van der Waals surface area contributed by atoms with Crippen molar-refractivity contribution >= 4 is 39.1 Å². The van der Waals surface area contributed by atoms with Gasteiger partial charge in [-0.2, -0.15) is 0 Å². The van der Waals surface area contributed by atoms with Gasteiger partial charge in [-0.1, -0.05) is 6.07 Å². The number of halogens is 1. The molecule has 0 saturated carbocycles. The number of anilines is 2. The van der Waals surface area contributed by atoms with Gasteiger partial charge in [-0.25, -0.2) is 17.6 Å². The Bertz CT molecular complexity index is 1850. The fraction of sp³-hybridized carbons (Fsp3) is 0.382. The second-order valence-corrected chi connectivity index (χ2v) is 14.3. The average Bonchev–Trinajstić information content (AvgIpc) is 3.57. The summed E-state index contributed by atoms with van der Waals surface area (Å²) in [4.78, 5) is 40.9. The van der Waals surface area contributed by atoms with Gasteiger partial charge in [0.05, 0.1) is 37.5 Å². The Balaban J connectivity index is 1.62. The summed E-state index contributed by atoms with van der Waals surface area (Å²) in [6.07, 6.45) is 0.849. The van der Waals surface area contributed by atoms with Crippen LogP contribution in [0.3, 0.4) is 0 Å². The number of rotatable bonds is 10. The first-order valence-corrected chi connectivity index (χ1v) is 17.1. The van der Waals surface area contributed by atoms with Gasteiger partial charge in [0, 0.05) is 41.7 Å². The minimum atomic E-state index is -3.83. The number of hydrogen-bond acceptors (Lipinski definition) is 9. The number of likely N-dealkylation sites (tertiary alicyclic amines) is 1. The van der Waals surface area contributed by atoms with Crippen LogP contribution in [0.5, 0.6) is 11.5 Å². The fourth-order valence-corrected chi connectivity index (χ4v) is 7.41. The Kier molecular flexibility index (Phi) is 10.1. The summed E-state index contributed by atoms with van der Waals surface area (Å²) in [6, 6.07) is 10.0. The fourth-order valence-electron chi connectivity index (χ4n) is 6.12. The van der Waals surface area contributed by atoms with Crippen molar-refractivity contribution in [2.24, 2.45) is 0 Å². The molecule has 2 aliphatic heterocycles. The molecule has 0 unspecified atom stereocenters. The zero-order chi connectivity index (χ0) is 34.7. The number of carbonyl (C=O) groups is 3. The highest BCUT2D eigenvalue weighted by molar-refractivity contribution is 7.92. The van der Waals surface area contributed by atoms with Gasteiger partial charge >= 0.3 is 6.09 Å². The number of fused-ring (bicyclic) bond motifs is 1. The number of ether oxygens (including phenoxy) is 3. The molecule has 3 N–H and O–H groups in total. The van der Waals surface area contributed by atoms with Gasteiger partial charge in [-0.3, -0.25) is 14.9 Å². The van der Waals surface area contributed by atoms with Gasteiger partial charge in [0.15, 0.2) is 21.3 Å². The van der Waals surface area contributed by atoms with Gasteiger partial charge in [-0.05, 0) is 80.6 Å². The molecule has 3 aromatic carbocycles. The molecule has 2 atom stereocenters. The summed E-state index contributed by atoms with van der Waals surface area (Å²) in [6.45, 7) is 3.89. The van der Waals surface area contributed by atoms with Gasteiger partial charge in [0.25, 0.3) is 5.91 Å². The van der Waals surface area contributed by atoms with Crippen molar-refractivity contribution in [3.8, 4) is 11.5 Å². The second-order valence-electron chi connectivity index (χ2n) is 11.8. The predicted molar refractivity (Wildman–Crippen MR) is 177 cm³/mol. The van der Waals surface area contributed by atoms with Crippen molar-refractivity contribution in [3.63, 3.8) is 0 Å². The van der Waals surface area contributed by atoms with Crippen LogP contribution in [0, 0.1) is 5.82 Å². The van der Waals surface area contributed by atoms with Gasteiger partial charge in [-0.15, -0.1) is 0 Å². The molecule has 2 aliphatic rings. The van der Waals surface area contributed by atoms with Crippen LogP contribution in [-0.4, -0.2) is 70.9 Å². The van der Waals surface area contributed by atoms with Crippen molar-refractivity contribution in [2.75, 3.05) is 45.1 Å². The van der Waals surface area contributed by atoms with Crippen LogP contribution in [0.25, 0.3) is 0 Å². The molecule has 1 fully saturated rings. The monoisotopic (exact) mass is 682 g/mol. The Morgan fingerprint density at radius 1 is 1.00 bits per heavy atom. The maximum absolute atomic E-state index is 15.9. The Morgan fingerprint density at radius 2 is 1.71 bits per heavy atom. The largest absolute Gasteiger partial charge is 0.493 e.